The molecule has 0 aromatic heterocycles. The minimum absolute atomic E-state index is 0.198. The van der Waals surface area contributed by atoms with Gasteiger partial charge in [-0.05, 0) is 23.1 Å². The first kappa shape index (κ1) is 14.3. The molecule has 0 unspecified atom stereocenters. The van der Waals surface area contributed by atoms with Crippen LogP contribution in [-0.2, 0) is 11.2 Å². The molecular weight excluding hydrogens is 274 g/mol. The second kappa shape index (κ2) is 5.60. The third kappa shape index (κ3) is 2.06. The van der Waals surface area contributed by atoms with Crippen LogP contribution in [0.1, 0.15) is 34.0 Å². The summed E-state index contributed by atoms with van der Waals surface area (Å²) in [7, 11) is 1.55. The number of likely N-dealkylation sites (N-methyl/N-ethyl adjacent to an activating group) is 1. The van der Waals surface area contributed by atoms with Gasteiger partial charge < -0.3 is 5.32 Å². The zero-order valence-corrected chi connectivity index (χ0v) is 12.6. The molecule has 1 amide bonds. The van der Waals surface area contributed by atoms with Crippen LogP contribution in [0.15, 0.2) is 54.1 Å². The van der Waals surface area contributed by atoms with Crippen LogP contribution in [0.3, 0.4) is 0 Å². The van der Waals surface area contributed by atoms with Crippen LogP contribution in [0.2, 0.25) is 0 Å². The zero-order valence-electron chi connectivity index (χ0n) is 12.6. The molecule has 0 aliphatic heterocycles. The molecule has 1 aliphatic carbocycles. The topological polar surface area (TPSA) is 46.2 Å². The molecule has 110 valence electrons. The summed E-state index contributed by atoms with van der Waals surface area (Å²) in [5, 5.41) is 2.59. The Labute approximate surface area is 129 Å². The molecule has 3 nitrogen and oxygen atoms in total. The Kier molecular flexibility index (Phi) is 3.63. The number of aryl methyl sites for hydroxylation is 1. The maximum absolute atomic E-state index is 12.7. The molecule has 0 fully saturated rings. The van der Waals surface area contributed by atoms with Gasteiger partial charge >= 0.3 is 0 Å². The van der Waals surface area contributed by atoms with Crippen molar-refractivity contribution in [3.8, 4) is 0 Å². The highest BCUT2D eigenvalue weighted by Crippen LogP contribution is 2.38. The van der Waals surface area contributed by atoms with Crippen molar-refractivity contribution >= 4 is 17.3 Å². The first-order valence-electron chi connectivity index (χ1n) is 7.37. The van der Waals surface area contributed by atoms with E-state index in [0.29, 0.717) is 5.56 Å². The minimum atomic E-state index is -0.331. The third-order valence-electron chi connectivity index (χ3n) is 4.04. The smallest absolute Gasteiger partial charge is 0.255 e. The van der Waals surface area contributed by atoms with Crippen molar-refractivity contribution in [1.29, 1.82) is 0 Å². The second-order valence-corrected chi connectivity index (χ2v) is 5.21. The maximum atomic E-state index is 12.7. The molecule has 3 rings (SSSR count). The van der Waals surface area contributed by atoms with Crippen molar-refractivity contribution < 1.29 is 9.59 Å². The van der Waals surface area contributed by atoms with Crippen molar-refractivity contribution in [2.75, 3.05) is 7.05 Å². The molecule has 1 aliphatic rings. The summed E-state index contributed by atoms with van der Waals surface area (Å²) in [5.41, 5.74) is 4.52. The number of carbonyl (C=O) groups excluding carboxylic acids is 2. The van der Waals surface area contributed by atoms with Gasteiger partial charge in [0.2, 0.25) is 0 Å². The lowest BCUT2D eigenvalue weighted by Gasteiger charge is -2.12. The number of rotatable bonds is 3. The number of amides is 1. The van der Waals surface area contributed by atoms with Crippen LogP contribution >= 0.6 is 0 Å². The average molecular weight is 291 g/mol. The van der Waals surface area contributed by atoms with E-state index in [1.54, 1.807) is 13.1 Å². The molecule has 0 radical (unpaired) electrons. The molecule has 0 spiro atoms. The fourth-order valence-electron chi connectivity index (χ4n) is 2.98. The van der Waals surface area contributed by atoms with Crippen LogP contribution in [0.25, 0.3) is 5.57 Å². The number of hydrogen-bond acceptors (Lipinski definition) is 2. The van der Waals surface area contributed by atoms with Gasteiger partial charge in [0.05, 0.1) is 5.57 Å². The number of fused-ring (bicyclic) bond motifs is 1. The molecule has 0 atom stereocenters. The van der Waals surface area contributed by atoms with E-state index in [4.69, 9.17) is 0 Å². The first-order valence-corrected chi connectivity index (χ1v) is 7.37. The largest absolute Gasteiger partial charge is 0.355 e. The molecular formula is C19H17NO2. The SMILES string of the molecule is CCc1ccccc1C1=C(C(=O)NC)C(=O)c2ccccc21. The van der Waals surface area contributed by atoms with E-state index >= 15 is 0 Å². The van der Waals surface area contributed by atoms with E-state index in [2.05, 4.69) is 12.2 Å². The summed E-state index contributed by atoms with van der Waals surface area (Å²) in [6, 6.07) is 15.3. The number of Topliss-reactive ketones (excluding diaryl/α,β-unsaturated/α-hetero) is 1. The van der Waals surface area contributed by atoms with Crippen molar-refractivity contribution in [3.63, 3.8) is 0 Å². The van der Waals surface area contributed by atoms with Gasteiger partial charge in [-0.3, -0.25) is 9.59 Å². The number of benzene rings is 2. The molecule has 2 aromatic rings. The van der Waals surface area contributed by atoms with Crippen molar-refractivity contribution in [1.82, 2.24) is 5.32 Å². The maximum Gasteiger partial charge on any atom is 0.255 e. The van der Waals surface area contributed by atoms with Gasteiger partial charge in [-0.15, -0.1) is 0 Å². The number of nitrogens with one attached hydrogen (secondary N) is 1. The summed E-state index contributed by atoms with van der Waals surface area (Å²) in [6.45, 7) is 2.07. The van der Waals surface area contributed by atoms with Crippen LogP contribution in [0.5, 0.6) is 0 Å². The average Bonchev–Trinajstić information content (AvgIpc) is 2.87. The van der Waals surface area contributed by atoms with E-state index in [0.717, 1.165) is 28.7 Å². The van der Waals surface area contributed by atoms with Gasteiger partial charge in [0, 0.05) is 18.2 Å². The summed E-state index contributed by atoms with van der Waals surface area (Å²) >= 11 is 0. The lowest BCUT2D eigenvalue weighted by Crippen LogP contribution is -2.24. The molecule has 0 bridgehead atoms. The Bertz CT molecular complexity index is 803. The first-order chi connectivity index (χ1) is 10.7. The Hall–Kier alpha value is -2.68. The van der Waals surface area contributed by atoms with E-state index in [9.17, 15) is 9.59 Å². The summed E-state index contributed by atoms with van der Waals surface area (Å²) in [5.74, 6) is -0.530. The van der Waals surface area contributed by atoms with Crippen molar-refractivity contribution in [2.45, 2.75) is 13.3 Å². The van der Waals surface area contributed by atoms with E-state index in [1.807, 2.05) is 42.5 Å². The Morgan fingerprint density at radius 3 is 2.18 bits per heavy atom. The van der Waals surface area contributed by atoms with Crippen LogP contribution in [0.4, 0.5) is 0 Å². The zero-order chi connectivity index (χ0) is 15.7. The standard InChI is InChI=1S/C19H17NO2/c1-3-12-8-4-5-9-13(12)16-14-10-6-7-11-15(14)18(21)17(16)19(22)20-2/h4-11H,3H2,1-2H3,(H,20,22). The molecule has 1 N–H and O–H groups in total. The number of ketones is 1. The van der Waals surface area contributed by atoms with Gasteiger partial charge in [-0.25, -0.2) is 0 Å². The highest BCUT2D eigenvalue weighted by atomic mass is 16.2. The van der Waals surface area contributed by atoms with E-state index in [1.165, 1.54) is 0 Å². The van der Waals surface area contributed by atoms with Gasteiger partial charge in [0.25, 0.3) is 5.91 Å². The minimum Gasteiger partial charge on any atom is -0.355 e. The summed E-state index contributed by atoms with van der Waals surface area (Å²) in [4.78, 5) is 24.9. The highest BCUT2D eigenvalue weighted by Gasteiger charge is 2.34. The predicted molar refractivity (Wildman–Crippen MR) is 86.7 cm³/mol. The summed E-state index contributed by atoms with van der Waals surface area (Å²) < 4.78 is 0. The fraction of sp³-hybridized carbons (Fsp3) is 0.158. The van der Waals surface area contributed by atoms with E-state index < -0.39 is 0 Å². The Balaban J connectivity index is 2.34. The third-order valence-corrected chi connectivity index (χ3v) is 4.04. The number of hydrogen-bond donors (Lipinski definition) is 1. The van der Waals surface area contributed by atoms with Gasteiger partial charge in [-0.2, -0.15) is 0 Å². The molecule has 0 saturated carbocycles. The molecule has 0 heterocycles. The van der Waals surface area contributed by atoms with Crippen LogP contribution in [0, 0.1) is 0 Å². The number of carbonyl (C=O) groups is 2. The highest BCUT2D eigenvalue weighted by molar-refractivity contribution is 6.36. The van der Waals surface area contributed by atoms with Crippen LogP contribution < -0.4 is 5.32 Å². The molecule has 22 heavy (non-hydrogen) atoms. The van der Waals surface area contributed by atoms with Crippen LogP contribution in [-0.4, -0.2) is 18.7 Å². The molecule has 3 heteroatoms. The van der Waals surface area contributed by atoms with Crippen molar-refractivity contribution in [3.05, 3.63) is 76.4 Å². The lowest BCUT2D eigenvalue weighted by molar-refractivity contribution is -0.116. The molecule has 0 saturated heterocycles. The van der Waals surface area contributed by atoms with Gasteiger partial charge in [0.15, 0.2) is 5.78 Å². The predicted octanol–water partition coefficient (Wildman–Crippen LogP) is 2.99. The quantitative estimate of drug-likeness (QED) is 0.884. The summed E-state index contributed by atoms with van der Waals surface area (Å²) in [6.07, 6.45) is 0.844. The Morgan fingerprint density at radius 2 is 1.55 bits per heavy atom. The lowest BCUT2D eigenvalue weighted by atomic mass is 9.92. The fourth-order valence-corrected chi connectivity index (χ4v) is 2.98. The van der Waals surface area contributed by atoms with E-state index in [-0.39, 0.29) is 17.3 Å². The second-order valence-electron chi connectivity index (χ2n) is 5.21. The normalized spacial score (nSPS) is 13.3. The van der Waals surface area contributed by atoms with Gasteiger partial charge in [-0.1, -0.05) is 55.5 Å². The molecule has 2 aromatic carbocycles. The van der Waals surface area contributed by atoms with Gasteiger partial charge in [0.1, 0.15) is 0 Å². The van der Waals surface area contributed by atoms with Crippen molar-refractivity contribution in [2.24, 2.45) is 0 Å². The monoisotopic (exact) mass is 291 g/mol. The Morgan fingerprint density at radius 1 is 0.955 bits per heavy atom.